The maximum atomic E-state index is 11.5. The van der Waals surface area contributed by atoms with Gasteiger partial charge in [0, 0.05) is 12.7 Å². The first kappa shape index (κ1) is 9.71. The van der Waals surface area contributed by atoms with Crippen LogP contribution in [0.1, 0.15) is 30.0 Å². The highest BCUT2D eigenvalue weighted by Gasteiger charge is 2.07. The van der Waals surface area contributed by atoms with Gasteiger partial charge in [-0.3, -0.25) is 9.48 Å². The minimum Gasteiger partial charge on any atom is -0.287 e. The van der Waals surface area contributed by atoms with Crippen LogP contribution >= 0.6 is 0 Å². The zero-order chi connectivity index (χ0) is 10.0. The highest BCUT2D eigenvalue weighted by Crippen LogP contribution is 2.04. The van der Waals surface area contributed by atoms with E-state index in [-0.39, 0.29) is 5.78 Å². The smallest absolute Gasteiger partial charge is 0.205 e. The molecule has 1 aromatic rings. The normalized spacial score (nSPS) is 9.85. The lowest BCUT2D eigenvalue weighted by Gasteiger charge is -1.90. The van der Waals surface area contributed by atoms with Gasteiger partial charge in [0.05, 0.1) is 0 Å². The van der Waals surface area contributed by atoms with Gasteiger partial charge in [-0.1, -0.05) is 5.57 Å². The summed E-state index contributed by atoms with van der Waals surface area (Å²) in [6.07, 6.45) is 1.60. The van der Waals surface area contributed by atoms with Crippen molar-refractivity contribution in [1.82, 2.24) is 9.78 Å². The van der Waals surface area contributed by atoms with E-state index in [2.05, 4.69) is 5.10 Å². The molecule has 0 aliphatic carbocycles. The number of aryl methyl sites for hydroxylation is 2. The Morgan fingerprint density at radius 3 is 2.54 bits per heavy atom. The molecule has 3 heteroatoms. The lowest BCUT2D eigenvalue weighted by molar-refractivity contribution is 0.104. The average Bonchev–Trinajstić information content (AvgIpc) is 2.31. The van der Waals surface area contributed by atoms with Crippen LogP contribution in [0.25, 0.3) is 0 Å². The first-order valence-corrected chi connectivity index (χ1v) is 4.20. The molecule has 0 aliphatic heterocycles. The number of allylic oxidation sites excluding steroid dienone is 2. The molecule has 0 fully saturated rings. The van der Waals surface area contributed by atoms with Crippen LogP contribution < -0.4 is 0 Å². The largest absolute Gasteiger partial charge is 0.287 e. The Labute approximate surface area is 78.1 Å². The molecule has 0 radical (unpaired) electrons. The standard InChI is InChI=1S/C10H14N2O/c1-7(2)5-10(13)9-6-8(3)12(4)11-9/h5-6H,1-4H3. The predicted octanol–water partition coefficient (Wildman–Crippen LogP) is 1.88. The summed E-state index contributed by atoms with van der Waals surface area (Å²) in [5.41, 5.74) is 2.50. The number of aromatic nitrogens is 2. The second-order valence-corrected chi connectivity index (χ2v) is 3.38. The summed E-state index contributed by atoms with van der Waals surface area (Å²) in [5.74, 6) is -0.0244. The van der Waals surface area contributed by atoms with Crippen LogP contribution in [-0.4, -0.2) is 15.6 Å². The zero-order valence-electron chi connectivity index (χ0n) is 8.46. The maximum absolute atomic E-state index is 11.5. The summed E-state index contributed by atoms with van der Waals surface area (Å²) in [6, 6.07) is 1.79. The second-order valence-electron chi connectivity index (χ2n) is 3.38. The molecule has 1 aromatic heterocycles. The van der Waals surface area contributed by atoms with Crippen LogP contribution in [0, 0.1) is 6.92 Å². The summed E-state index contributed by atoms with van der Waals surface area (Å²) in [7, 11) is 1.83. The summed E-state index contributed by atoms with van der Waals surface area (Å²) < 4.78 is 1.70. The van der Waals surface area contributed by atoms with Crippen molar-refractivity contribution in [3.8, 4) is 0 Å². The highest BCUT2D eigenvalue weighted by molar-refractivity contribution is 6.03. The zero-order valence-corrected chi connectivity index (χ0v) is 8.46. The first-order valence-electron chi connectivity index (χ1n) is 4.20. The molecule has 0 bridgehead atoms. The Kier molecular flexibility index (Phi) is 2.66. The third kappa shape index (κ3) is 2.28. The number of hydrogen-bond donors (Lipinski definition) is 0. The molecule has 0 unspecified atom stereocenters. The van der Waals surface area contributed by atoms with Gasteiger partial charge in [-0.25, -0.2) is 0 Å². The lowest BCUT2D eigenvalue weighted by Crippen LogP contribution is -1.98. The van der Waals surface area contributed by atoms with Gasteiger partial charge in [0.2, 0.25) is 5.78 Å². The average molecular weight is 178 g/mol. The number of rotatable bonds is 2. The molecule has 1 heterocycles. The molecule has 0 spiro atoms. The van der Waals surface area contributed by atoms with Crippen LogP contribution in [0.4, 0.5) is 0 Å². The van der Waals surface area contributed by atoms with Crippen molar-refractivity contribution >= 4 is 5.78 Å². The van der Waals surface area contributed by atoms with Crippen LogP contribution in [0.3, 0.4) is 0 Å². The molecule has 70 valence electrons. The fourth-order valence-electron chi connectivity index (χ4n) is 1.02. The van der Waals surface area contributed by atoms with Crippen molar-refractivity contribution in [3.05, 3.63) is 29.1 Å². The van der Waals surface area contributed by atoms with E-state index < -0.39 is 0 Å². The van der Waals surface area contributed by atoms with E-state index >= 15 is 0 Å². The first-order chi connectivity index (χ1) is 6.00. The van der Waals surface area contributed by atoms with Gasteiger partial charge >= 0.3 is 0 Å². The minimum absolute atomic E-state index is 0.0244. The van der Waals surface area contributed by atoms with Gasteiger partial charge in [0.25, 0.3) is 0 Å². The Morgan fingerprint density at radius 1 is 1.54 bits per heavy atom. The molecule has 0 aromatic carbocycles. The summed E-state index contributed by atoms with van der Waals surface area (Å²) in [5, 5.41) is 4.09. The molecule has 13 heavy (non-hydrogen) atoms. The van der Waals surface area contributed by atoms with Gasteiger partial charge < -0.3 is 0 Å². The lowest BCUT2D eigenvalue weighted by atomic mass is 10.2. The third-order valence-corrected chi connectivity index (χ3v) is 1.79. The fourth-order valence-corrected chi connectivity index (χ4v) is 1.02. The predicted molar refractivity (Wildman–Crippen MR) is 51.7 cm³/mol. The monoisotopic (exact) mass is 178 g/mol. The number of ketones is 1. The van der Waals surface area contributed by atoms with E-state index in [1.165, 1.54) is 0 Å². The van der Waals surface area contributed by atoms with Gasteiger partial charge in [-0.2, -0.15) is 5.10 Å². The van der Waals surface area contributed by atoms with Crippen molar-refractivity contribution in [2.24, 2.45) is 7.05 Å². The highest BCUT2D eigenvalue weighted by atomic mass is 16.1. The van der Waals surface area contributed by atoms with Gasteiger partial charge in [-0.15, -0.1) is 0 Å². The fraction of sp³-hybridized carbons (Fsp3) is 0.400. The number of carbonyl (C=O) groups is 1. The van der Waals surface area contributed by atoms with E-state index in [9.17, 15) is 4.79 Å². The Balaban J connectivity index is 2.96. The van der Waals surface area contributed by atoms with Crippen molar-refractivity contribution in [1.29, 1.82) is 0 Å². The topological polar surface area (TPSA) is 34.9 Å². The van der Waals surface area contributed by atoms with Crippen LogP contribution in [0.2, 0.25) is 0 Å². The molecule has 0 atom stereocenters. The maximum Gasteiger partial charge on any atom is 0.205 e. The molecule has 1 rings (SSSR count). The molecule has 0 saturated carbocycles. The Bertz CT molecular complexity index is 338. The molecule has 0 amide bonds. The molecule has 3 nitrogen and oxygen atoms in total. The second kappa shape index (κ2) is 3.56. The van der Waals surface area contributed by atoms with Crippen molar-refractivity contribution < 1.29 is 4.79 Å². The molecular formula is C10H14N2O. The summed E-state index contributed by atoms with van der Waals surface area (Å²) >= 11 is 0. The summed E-state index contributed by atoms with van der Waals surface area (Å²) in [4.78, 5) is 11.5. The Morgan fingerprint density at radius 2 is 2.15 bits per heavy atom. The van der Waals surface area contributed by atoms with E-state index in [1.54, 1.807) is 16.8 Å². The molecular weight excluding hydrogens is 164 g/mol. The van der Waals surface area contributed by atoms with E-state index in [0.717, 1.165) is 11.3 Å². The van der Waals surface area contributed by atoms with Gasteiger partial charge in [0.15, 0.2) is 0 Å². The van der Waals surface area contributed by atoms with E-state index in [4.69, 9.17) is 0 Å². The minimum atomic E-state index is -0.0244. The van der Waals surface area contributed by atoms with E-state index in [1.807, 2.05) is 27.8 Å². The molecule has 0 N–H and O–H groups in total. The van der Waals surface area contributed by atoms with Crippen LogP contribution in [0.15, 0.2) is 17.7 Å². The van der Waals surface area contributed by atoms with E-state index in [0.29, 0.717) is 5.69 Å². The Hall–Kier alpha value is -1.38. The molecule has 0 aliphatic rings. The third-order valence-electron chi connectivity index (χ3n) is 1.79. The van der Waals surface area contributed by atoms with Crippen molar-refractivity contribution in [2.75, 3.05) is 0 Å². The van der Waals surface area contributed by atoms with Crippen molar-refractivity contribution in [2.45, 2.75) is 20.8 Å². The SMILES string of the molecule is CC(C)=CC(=O)c1cc(C)n(C)n1. The quantitative estimate of drug-likeness (QED) is 0.512. The van der Waals surface area contributed by atoms with Crippen LogP contribution in [0.5, 0.6) is 0 Å². The van der Waals surface area contributed by atoms with Gasteiger partial charge in [0.1, 0.15) is 5.69 Å². The number of nitrogens with zero attached hydrogens (tertiary/aromatic N) is 2. The number of carbonyl (C=O) groups excluding carboxylic acids is 1. The molecule has 0 saturated heterocycles. The van der Waals surface area contributed by atoms with Crippen LogP contribution in [-0.2, 0) is 7.05 Å². The van der Waals surface area contributed by atoms with Gasteiger partial charge in [-0.05, 0) is 32.9 Å². The number of hydrogen-bond acceptors (Lipinski definition) is 2. The summed E-state index contributed by atoms with van der Waals surface area (Å²) in [6.45, 7) is 5.72. The van der Waals surface area contributed by atoms with Crippen molar-refractivity contribution in [3.63, 3.8) is 0 Å².